The molecule has 0 saturated heterocycles. The van der Waals surface area contributed by atoms with E-state index >= 15 is 0 Å². The van der Waals surface area contributed by atoms with Crippen molar-refractivity contribution in [1.82, 2.24) is 15.1 Å². The molecule has 1 aliphatic carbocycles. The molecule has 108 valence electrons. The van der Waals surface area contributed by atoms with Gasteiger partial charge in [0.05, 0.1) is 16.4 Å². The van der Waals surface area contributed by atoms with Gasteiger partial charge < -0.3 is 5.32 Å². The molecule has 1 heterocycles. The van der Waals surface area contributed by atoms with E-state index < -0.39 is 0 Å². The Hall–Kier alpha value is -0.540. The molecule has 4 heteroatoms. The monoisotopic (exact) mass is 283 g/mol. The molecule has 0 aromatic carbocycles. The molecule has 1 aliphatic rings. The summed E-state index contributed by atoms with van der Waals surface area (Å²) in [5.41, 5.74) is 2.25. The third-order valence-electron chi connectivity index (χ3n) is 4.26. The van der Waals surface area contributed by atoms with Crippen LogP contribution in [0.25, 0.3) is 0 Å². The van der Waals surface area contributed by atoms with Crippen LogP contribution in [0.15, 0.2) is 0 Å². The van der Waals surface area contributed by atoms with Crippen LogP contribution in [0.4, 0.5) is 0 Å². The Morgan fingerprint density at radius 3 is 2.58 bits per heavy atom. The third kappa shape index (κ3) is 3.14. The summed E-state index contributed by atoms with van der Waals surface area (Å²) in [5, 5.41) is 9.13. The van der Waals surface area contributed by atoms with Crippen molar-refractivity contribution in [2.75, 3.05) is 6.54 Å². The number of rotatable bonds is 7. The molecule has 0 spiro atoms. The topological polar surface area (TPSA) is 29.9 Å². The molecule has 1 fully saturated rings. The highest BCUT2D eigenvalue weighted by Gasteiger charge is 2.39. The average Bonchev–Trinajstić information content (AvgIpc) is 3.05. The summed E-state index contributed by atoms with van der Waals surface area (Å²) in [4.78, 5) is 0. The number of likely N-dealkylation sites (N-methyl/N-ethyl adjacent to an activating group) is 1. The number of aryl methyl sites for hydroxylation is 2. The van der Waals surface area contributed by atoms with E-state index in [1.165, 1.54) is 12.1 Å². The molecule has 19 heavy (non-hydrogen) atoms. The Morgan fingerprint density at radius 1 is 1.42 bits per heavy atom. The first-order chi connectivity index (χ1) is 9.12. The van der Waals surface area contributed by atoms with Gasteiger partial charge in [-0.15, -0.1) is 0 Å². The molecule has 0 amide bonds. The van der Waals surface area contributed by atoms with E-state index in [4.69, 9.17) is 11.6 Å². The molecule has 1 aromatic rings. The fourth-order valence-corrected chi connectivity index (χ4v) is 3.32. The summed E-state index contributed by atoms with van der Waals surface area (Å²) >= 11 is 6.50. The highest BCUT2D eigenvalue weighted by molar-refractivity contribution is 6.31. The maximum atomic E-state index is 6.50. The van der Waals surface area contributed by atoms with Crippen LogP contribution in [0, 0.1) is 11.8 Å². The van der Waals surface area contributed by atoms with Crippen LogP contribution in [-0.4, -0.2) is 22.4 Å². The van der Waals surface area contributed by atoms with Crippen molar-refractivity contribution in [1.29, 1.82) is 0 Å². The molecule has 1 aromatic heterocycles. The minimum atomic E-state index is 0.546. The first kappa shape index (κ1) is 14.9. The van der Waals surface area contributed by atoms with Crippen molar-refractivity contribution in [3.05, 3.63) is 16.4 Å². The van der Waals surface area contributed by atoms with Crippen molar-refractivity contribution in [3.63, 3.8) is 0 Å². The zero-order valence-corrected chi connectivity index (χ0v) is 13.3. The zero-order chi connectivity index (χ0) is 14.0. The number of halogens is 1. The maximum Gasteiger partial charge on any atom is 0.0850 e. The van der Waals surface area contributed by atoms with Gasteiger partial charge in [-0.2, -0.15) is 5.10 Å². The molecule has 0 bridgehead atoms. The fourth-order valence-electron chi connectivity index (χ4n) is 2.97. The number of hydrogen-bond donors (Lipinski definition) is 1. The largest absolute Gasteiger partial charge is 0.314 e. The van der Waals surface area contributed by atoms with Crippen molar-refractivity contribution in [3.8, 4) is 0 Å². The van der Waals surface area contributed by atoms with E-state index in [9.17, 15) is 0 Å². The smallest absolute Gasteiger partial charge is 0.0850 e. The SMILES string of the molecule is CCNC(Cc1c(Cl)c(CC)nn1CC)C1CC1C. The van der Waals surface area contributed by atoms with E-state index in [0.717, 1.165) is 48.5 Å². The lowest BCUT2D eigenvalue weighted by Gasteiger charge is -2.18. The Labute approximate surface area is 121 Å². The quantitative estimate of drug-likeness (QED) is 0.832. The predicted molar refractivity (Wildman–Crippen MR) is 80.7 cm³/mol. The minimum absolute atomic E-state index is 0.546. The van der Waals surface area contributed by atoms with Crippen molar-refractivity contribution < 1.29 is 0 Å². The summed E-state index contributed by atoms with van der Waals surface area (Å²) in [6.07, 6.45) is 3.25. The summed E-state index contributed by atoms with van der Waals surface area (Å²) < 4.78 is 2.08. The van der Waals surface area contributed by atoms with E-state index in [1.807, 2.05) is 0 Å². The fraction of sp³-hybridized carbons (Fsp3) is 0.800. The molecule has 0 aliphatic heterocycles. The zero-order valence-electron chi connectivity index (χ0n) is 12.5. The van der Waals surface area contributed by atoms with Gasteiger partial charge in [0.1, 0.15) is 0 Å². The molecular formula is C15H26ClN3. The van der Waals surface area contributed by atoms with Gasteiger partial charge in [0.2, 0.25) is 0 Å². The first-order valence-corrected chi connectivity index (χ1v) is 7.97. The van der Waals surface area contributed by atoms with E-state index in [2.05, 4.69) is 42.8 Å². The summed E-state index contributed by atoms with van der Waals surface area (Å²) in [6.45, 7) is 10.7. The van der Waals surface area contributed by atoms with Crippen molar-refractivity contribution in [2.45, 2.75) is 59.5 Å². The second-order valence-electron chi connectivity index (χ2n) is 5.62. The molecule has 1 N–H and O–H groups in total. The minimum Gasteiger partial charge on any atom is -0.314 e. The highest BCUT2D eigenvalue weighted by atomic mass is 35.5. The van der Waals surface area contributed by atoms with Gasteiger partial charge in [-0.1, -0.05) is 32.4 Å². The van der Waals surface area contributed by atoms with E-state index in [0.29, 0.717) is 6.04 Å². The van der Waals surface area contributed by atoms with Gasteiger partial charge >= 0.3 is 0 Å². The van der Waals surface area contributed by atoms with E-state index in [-0.39, 0.29) is 0 Å². The van der Waals surface area contributed by atoms with Crippen LogP contribution in [0.2, 0.25) is 5.02 Å². The molecule has 2 rings (SSSR count). The van der Waals surface area contributed by atoms with Gasteiger partial charge in [-0.25, -0.2) is 0 Å². The highest BCUT2D eigenvalue weighted by Crippen LogP contribution is 2.42. The molecular weight excluding hydrogens is 258 g/mol. The van der Waals surface area contributed by atoms with Gasteiger partial charge in [0.25, 0.3) is 0 Å². The number of hydrogen-bond acceptors (Lipinski definition) is 2. The maximum absolute atomic E-state index is 6.50. The molecule has 1 saturated carbocycles. The van der Waals surface area contributed by atoms with Crippen LogP contribution in [0.5, 0.6) is 0 Å². The Balaban J connectivity index is 2.18. The lowest BCUT2D eigenvalue weighted by atomic mass is 10.0. The van der Waals surface area contributed by atoms with Crippen LogP contribution in [0.1, 0.15) is 45.5 Å². The lowest BCUT2D eigenvalue weighted by molar-refractivity contribution is 0.439. The van der Waals surface area contributed by atoms with Crippen molar-refractivity contribution >= 4 is 11.6 Å². The Morgan fingerprint density at radius 2 is 2.11 bits per heavy atom. The second kappa shape index (κ2) is 6.27. The third-order valence-corrected chi connectivity index (χ3v) is 4.70. The van der Waals surface area contributed by atoms with Gasteiger partial charge in [0.15, 0.2) is 0 Å². The molecule has 3 nitrogen and oxygen atoms in total. The van der Waals surface area contributed by atoms with Crippen LogP contribution in [-0.2, 0) is 19.4 Å². The van der Waals surface area contributed by atoms with Crippen LogP contribution in [0.3, 0.4) is 0 Å². The van der Waals surface area contributed by atoms with Gasteiger partial charge in [-0.05, 0) is 38.1 Å². The van der Waals surface area contributed by atoms with E-state index in [1.54, 1.807) is 0 Å². The summed E-state index contributed by atoms with van der Waals surface area (Å²) in [5.74, 6) is 1.66. The van der Waals surface area contributed by atoms with Crippen LogP contribution >= 0.6 is 11.6 Å². The predicted octanol–water partition coefficient (Wildman–Crippen LogP) is 3.30. The Bertz CT molecular complexity index is 427. The standard InChI is InChI=1S/C15H26ClN3/c1-5-12-15(16)14(19(7-3)18-12)9-13(17-6-2)11-8-10(11)4/h10-11,13,17H,5-9H2,1-4H3. The summed E-state index contributed by atoms with van der Waals surface area (Å²) in [6, 6.07) is 0.546. The van der Waals surface area contributed by atoms with Crippen LogP contribution < -0.4 is 5.32 Å². The Kier molecular flexibility index (Phi) is 4.91. The van der Waals surface area contributed by atoms with Crippen molar-refractivity contribution in [2.24, 2.45) is 11.8 Å². The molecule has 0 radical (unpaired) electrons. The average molecular weight is 284 g/mol. The second-order valence-corrected chi connectivity index (χ2v) is 6.00. The number of nitrogens with zero attached hydrogens (tertiary/aromatic N) is 2. The summed E-state index contributed by atoms with van der Waals surface area (Å²) in [7, 11) is 0. The molecule has 3 unspecified atom stereocenters. The first-order valence-electron chi connectivity index (χ1n) is 7.59. The number of nitrogens with one attached hydrogen (secondary N) is 1. The molecule has 3 atom stereocenters. The normalized spacial score (nSPS) is 23.6. The lowest BCUT2D eigenvalue weighted by Crippen LogP contribution is -2.34. The van der Waals surface area contributed by atoms with Gasteiger partial charge in [-0.3, -0.25) is 4.68 Å². The van der Waals surface area contributed by atoms with Gasteiger partial charge in [0, 0.05) is 19.0 Å². The number of aromatic nitrogens is 2.